The van der Waals surface area contributed by atoms with Crippen LogP contribution in [0, 0.1) is 0 Å². The second-order valence-electron chi connectivity index (χ2n) is 4.51. The summed E-state index contributed by atoms with van der Waals surface area (Å²) in [6.07, 6.45) is 0. The molecule has 12 heavy (non-hydrogen) atoms. The number of hydrogen-bond donors (Lipinski definition) is 0. The van der Waals surface area contributed by atoms with Crippen LogP contribution in [0.1, 0.15) is 41.5 Å². The van der Waals surface area contributed by atoms with E-state index >= 15 is 0 Å². The minimum Gasteiger partial charge on any atom is -0.280 e. The predicted molar refractivity (Wildman–Crippen MR) is 54.4 cm³/mol. The van der Waals surface area contributed by atoms with Gasteiger partial charge in [0.1, 0.15) is 0 Å². The van der Waals surface area contributed by atoms with Crippen LogP contribution in [0.3, 0.4) is 0 Å². The van der Waals surface area contributed by atoms with Crippen molar-refractivity contribution in [1.82, 2.24) is 0 Å². The van der Waals surface area contributed by atoms with E-state index in [1.165, 1.54) is 0 Å². The van der Waals surface area contributed by atoms with Gasteiger partial charge in [-0.1, -0.05) is 0 Å². The SMILES string of the molecule is CC1=NC(C)(C)C(C)=NC1(C)C. The molecule has 0 aromatic heterocycles. The molecule has 0 aliphatic carbocycles. The standard InChI is InChI=1S/C10H18N2/c1-7-9(3,4)12-8(2)10(5,6)11-7/h1-6H3. The number of hydrogen-bond acceptors (Lipinski definition) is 2. The predicted octanol–water partition coefficient (Wildman–Crippen LogP) is 2.48. The van der Waals surface area contributed by atoms with Crippen molar-refractivity contribution in [3.8, 4) is 0 Å². The first kappa shape index (κ1) is 9.43. The molecule has 2 nitrogen and oxygen atoms in total. The zero-order valence-corrected chi connectivity index (χ0v) is 8.89. The quantitative estimate of drug-likeness (QED) is 0.528. The lowest BCUT2D eigenvalue weighted by Gasteiger charge is -2.33. The van der Waals surface area contributed by atoms with Gasteiger partial charge in [-0.25, -0.2) is 0 Å². The molecule has 0 aromatic rings. The molecule has 0 aromatic carbocycles. The normalized spacial score (nSPS) is 26.2. The summed E-state index contributed by atoms with van der Waals surface area (Å²) in [4.78, 5) is 9.27. The summed E-state index contributed by atoms with van der Waals surface area (Å²) in [5.41, 5.74) is 2.05. The minimum atomic E-state index is -0.0976. The molecule has 0 amide bonds. The fourth-order valence-corrected chi connectivity index (χ4v) is 1.27. The fourth-order valence-electron chi connectivity index (χ4n) is 1.27. The first-order valence-electron chi connectivity index (χ1n) is 4.39. The minimum absolute atomic E-state index is 0.0976. The van der Waals surface area contributed by atoms with E-state index in [9.17, 15) is 0 Å². The molecule has 0 N–H and O–H groups in total. The van der Waals surface area contributed by atoms with Gasteiger partial charge in [0.2, 0.25) is 0 Å². The van der Waals surface area contributed by atoms with E-state index in [4.69, 9.17) is 0 Å². The second-order valence-corrected chi connectivity index (χ2v) is 4.51. The van der Waals surface area contributed by atoms with Crippen LogP contribution in [0.15, 0.2) is 9.98 Å². The van der Waals surface area contributed by atoms with E-state index in [1.807, 2.05) is 0 Å². The third-order valence-electron chi connectivity index (χ3n) is 2.67. The van der Waals surface area contributed by atoms with Crippen molar-refractivity contribution in [2.24, 2.45) is 9.98 Å². The Hall–Kier alpha value is -0.660. The van der Waals surface area contributed by atoms with Crippen LogP contribution in [0.2, 0.25) is 0 Å². The first-order valence-corrected chi connectivity index (χ1v) is 4.39. The topological polar surface area (TPSA) is 24.7 Å². The number of aliphatic imine (C=N–C) groups is 2. The van der Waals surface area contributed by atoms with E-state index in [1.54, 1.807) is 0 Å². The Kier molecular flexibility index (Phi) is 1.89. The first-order chi connectivity index (χ1) is 5.26. The van der Waals surface area contributed by atoms with Gasteiger partial charge in [-0.05, 0) is 41.5 Å². The molecule has 1 rings (SSSR count). The summed E-state index contributed by atoms with van der Waals surface area (Å²) in [7, 11) is 0. The fraction of sp³-hybridized carbons (Fsp3) is 0.800. The van der Waals surface area contributed by atoms with E-state index in [0.717, 1.165) is 11.4 Å². The van der Waals surface area contributed by atoms with E-state index in [2.05, 4.69) is 51.5 Å². The van der Waals surface area contributed by atoms with Gasteiger partial charge in [-0.2, -0.15) is 0 Å². The van der Waals surface area contributed by atoms with Gasteiger partial charge in [0.25, 0.3) is 0 Å². The molecule has 68 valence electrons. The molecule has 0 unspecified atom stereocenters. The van der Waals surface area contributed by atoms with E-state index in [0.29, 0.717) is 0 Å². The van der Waals surface area contributed by atoms with E-state index in [-0.39, 0.29) is 11.1 Å². The Bertz CT molecular complexity index is 229. The second kappa shape index (κ2) is 2.41. The molecular formula is C10H18N2. The third-order valence-corrected chi connectivity index (χ3v) is 2.67. The van der Waals surface area contributed by atoms with Gasteiger partial charge in [0.05, 0.1) is 11.1 Å². The summed E-state index contributed by atoms with van der Waals surface area (Å²) in [5, 5.41) is 0. The van der Waals surface area contributed by atoms with Gasteiger partial charge in [-0.3, -0.25) is 9.98 Å². The average Bonchev–Trinajstić information content (AvgIpc) is 1.82. The van der Waals surface area contributed by atoms with Crippen LogP contribution >= 0.6 is 0 Å². The maximum Gasteiger partial charge on any atom is 0.0924 e. The molecule has 0 atom stereocenters. The molecule has 0 radical (unpaired) electrons. The molecule has 0 bridgehead atoms. The van der Waals surface area contributed by atoms with Gasteiger partial charge in [-0.15, -0.1) is 0 Å². The lowest BCUT2D eigenvalue weighted by Crippen LogP contribution is -2.41. The highest BCUT2D eigenvalue weighted by molar-refractivity contribution is 6.02. The summed E-state index contributed by atoms with van der Waals surface area (Å²) in [6, 6.07) is 0. The van der Waals surface area contributed by atoms with Crippen molar-refractivity contribution >= 4 is 11.4 Å². The zero-order valence-electron chi connectivity index (χ0n) is 8.89. The van der Waals surface area contributed by atoms with Crippen LogP contribution in [-0.4, -0.2) is 22.5 Å². The number of nitrogens with zero attached hydrogens (tertiary/aromatic N) is 2. The van der Waals surface area contributed by atoms with Crippen molar-refractivity contribution in [2.75, 3.05) is 0 Å². The monoisotopic (exact) mass is 166 g/mol. The van der Waals surface area contributed by atoms with Crippen molar-refractivity contribution in [3.63, 3.8) is 0 Å². The van der Waals surface area contributed by atoms with Crippen molar-refractivity contribution in [2.45, 2.75) is 52.6 Å². The van der Waals surface area contributed by atoms with Gasteiger partial charge in [0, 0.05) is 11.4 Å². The maximum atomic E-state index is 4.63. The Balaban J connectivity index is 3.13. The highest BCUT2D eigenvalue weighted by Gasteiger charge is 2.32. The molecule has 0 fully saturated rings. The maximum absolute atomic E-state index is 4.63. The zero-order chi connectivity index (χ0) is 9.57. The summed E-state index contributed by atoms with van der Waals surface area (Å²) >= 11 is 0. The Labute approximate surface area is 74.8 Å². The van der Waals surface area contributed by atoms with Crippen LogP contribution in [0.25, 0.3) is 0 Å². The van der Waals surface area contributed by atoms with Gasteiger partial charge < -0.3 is 0 Å². The van der Waals surface area contributed by atoms with Crippen LogP contribution in [0.5, 0.6) is 0 Å². The molecular weight excluding hydrogens is 148 g/mol. The van der Waals surface area contributed by atoms with Crippen LogP contribution in [-0.2, 0) is 0 Å². The highest BCUT2D eigenvalue weighted by Crippen LogP contribution is 2.25. The number of rotatable bonds is 0. The van der Waals surface area contributed by atoms with Crippen LogP contribution in [0.4, 0.5) is 0 Å². The average molecular weight is 166 g/mol. The Morgan fingerprint density at radius 1 is 0.750 bits per heavy atom. The molecule has 1 aliphatic rings. The summed E-state index contributed by atoms with van der Waals surface area (Å²) in [5.74, 6) is 0. The van der Waals surface area contributed by atoms with Crippen LogP contribution < -0.4 is 0 Å². The molecule has 1 heterocycles. The molecule has 0 spiro atoms. The smallest absolute Gasteiger partial charge is 0.0924 e. The van der Waals surface area contributed by atoms with Gasteiger partial charge in [0.15, 0.2) is 0 Å². The molecule has 2 heteroatoms. The van der Waals surface area contributed by atoms with E-state index < -0.39 is 0 Å². The van der Waals surface area contributed by atoms with Crippen molar-refractivity contribution in [3.05, 3.63) is 0 Å². The molecule has 1 aliphatic heterocycles. The Morgan fingerprint density at radius 2 is 1.00 bits per heavy atom. The van der Waals surface area contributed by atoms with Crippen molar-refractivity contribution < 1.29 is 0 Å². The third kappa shape index (κ3) is 1.43. The molecule has 0 saturated heterocycles. The van der Waals surface area contributed by atoms with Gasteiger partial charge >= 0.3 is 0 Å². The lowest BCUT2D eigenvalue weighted by molar-refractivity contribution is 0.601. The summed E-state index contributed by atoms with van der Waals surface area (Å²) < 4.78 is 0. The lowest BCUT2D eigenvalue weighted by atomic mass is 9.91. The van der Waals surface area contributed by atoms with Crippen molar-refractivity contribution in [1.29, 1.82) is 0 Å². The highest BCUT2D eigenvalue weighted by atomic mass is 15.0. The molecule has 0 saturated carbocycles. The Morgan fingerprint density at radius 3 is 1.25 bits per heavy atom. The largest absolute Gasteiger partial charge is 0.280 e. The summed E-state index contributed by atoms with van der Waals surface area (Å²) in [6.45, 7) is 12.5.